The fraction of sp³-hybridized carbons (Fsp3) is 0.0769. The van der Waals surface area contributed by atoms with Gasteiger partial charge in [-0.25, -0.2) is 13.1 Å². The molecule has 0 spiro atoms. The number of nitrogens with one attached hydrogen (secondary N) is 1. The van der Waals surface area contributed by atoms with Crippen molar-refractivity contribution in [3.05, 3.63) is 54.6 Å². The summed E-state index contributed by atoms with van der Waals surface area (Å²) in [6, 6.07) is 9.67. The summed E-state index contributed by atoms with van der Waals surface area (Å²) in [5.74, 6) is 0.686. The molecule has 0 aliphatic heterocycles. The van der Waals surface area contributed by atoms with Crippen LogP contribution in [-0.2, 0) is 10.0 Å². The smallest absolute Gasteiger partial charge is 0.263 e. The van der Waals surface area contributed by atoms with Crippen molar-refractivity contribution in [3.8, 4) is 5.69 Å². The Balaban J connectivity index is 1.86. The summed E-state index contributed by atoms with van der Waals surface area (Å²) < 4.78 is 33.2. The molecule has 21 heavy (non-hydrogen) atoms. The average Bonchev–Trinajstić information content (AvgIpc) is 3.10. The van der Waals surface area contributed by atoms with E-state index in [1.54, 1.807) is 42.2 Å². The van der Waals surface area contributed by atoms with E-state index in [4.69, 9.17) is 4.52 Å². The first kappa shape index (κ1) is 13.4. The second-order valence-electron chi connectivity index (χ2n) is 4.37. The molecule has 0 amide bonds. The first-order valence-electron chi connectivity index (χ1n) is 6.11. The van der Waals surface area contributed by atoms with Crippen molar-refractivity contribution in [2.75, 3.05) is 4.72 Å². The van der Waals surface area contributed by atoms with Gasteiger partial charge in [-0.1, -0.05) is 5.16 Å². The number of anilines is 1. The minimum Gasteiger partial charge on any atom is -0.360 e. The van der Waals surface area contributed by atoms with Crippen molar-refractivity contribution in [1.29, 1.82) is 0 Å². The minimum absolute atomic E-state index is 0.138. The topological polar surface area (TPSA) is 90.0 Å². The molecule has 8 heteroatoms. The molecule has 0 saturated carbocycles. The van der Waals surface area contributed by atoms with Gasteiger partial charge in [-0.3, -0.25) is 4.72 Å². The molecule has 7 nitrogen and oxygen atoms in total. The van der Waals surface area contributed by atoms with Crippen LogP contribution in [0.4, 0.5) is 5.82 Å². The van der Waals surface area contributed by atoms with Crippen LogP contribution in [-0.4, -0.2) is 23.4 Å². The Morgan fingerprint density at radius 3 is 2.57 bits per heavy atom. The molecular weight excluding hydrogens is 292 g/mol. The molecule has 0 atom stereocenters. The SMILES string of the molecule is Cc1cc(NS(=O)(=O)c2ccc(-n3cccn3)cc2)no1. The zero-order chi connectivity index (χ0) is 14.9. The van der Waals surface area contributed by atoms with E-state index in [1.165, 1.54) is 18.2 Å². The molecule has 0 aliphatic rings. The van der Waals surface area contributed by atoms with Crippen molar-refractivity contribution >= 4 is 15.8 Å². The van der Waals surface area contributed by atoms with Gasteiger partial charge in [-0.05, 0) is 37.3 Å². The lowest BCUT2D eigenvalue weighted by atomic mass is 10.3. The third-order valence-corrected chi connectivity index (χ3v) is 4.15. The lowest BCUT2D eigenvalue weighted by molar-refractivity contribution is 0.400. The van der Waals surface area contributed by atoms with Crippen molar-refractivity contribution in [2.45, 2.75) is 11.8 Å². The Hall–Kier alpha value is -2.61. The second kappa shape index (κ2) is 5.06. The van der Waals surface area contributed by atoms with Crippen molar-refractivity contribution in [3.63, 3.8) is 0 Å². The maximum absolute atomic E-state index is 12.2. The Morgan fingerprint density at radius 1 is 1.24 bits per heavy atom. The molecule has 0 aliphatic carbocycles. The Bertz CT molecular complexity index is 836. The van der Waals surface area contributed by atoms with Gasteiger partial charge in [0.2, 0.25) is 0 Å². The largest absolute Gasteiger partial charge is 0.360 e. The van der Waals surface area contributed by atoms with E-state index in [2.05, 4.69) is 15.0 Å². The van der Waals surface area contributed by atoms with Crippen LogP contribution in [0, 0.1) is 6.92 Å². The van der Waals surface area contributed by atoms with E-state index in [0.29, 0.717) is 5.76 Å². The van der Waals surface area contributed by atoms with E-state index >= 15 is 0 Å². The number of rotatable bonds is 4. The van der Waals surface area contributed by atoms with Gasteiger partial charge in [-0.2, -0.15) is 5.10 Å². The lowest BCUT2D eigenvalue weighted by Crippen LogP contribution is -2.13. The maximum Gasteiger partial charge on any atom is 0.263 e. The van der Waals surface area contributed by atoms with E-state index in [0.717, 1.165) is 5.69 Å². The molecular formula is C13H12N4O3S. The van der Waals surface area contributed by atoms with Gasteiger partial charge in [0.1, 0.15) is 5.76 Å². The van der Waals surface area contributed by atoms with E-state index in [-0.39, 0.29) is 10.7 Å². The molecule has 3 aromatic rings. The second-order valence-corrected chi connectivity index (χ2v) is 6.06. The summed E-state index contributed by atoms with van der Waals surface area (Å²) in [6.45, 7) is 1.68. The summed E-state index contributed by atoms with van der Waals surface area (Å²) in [5.41, 5.74) is 0.774. The molecule has 1 aromatic carbocycles. The number of hydrogen-bond donors (Lipinski definition) is 1. The van der Waals surface area contributed by atoms with Gasteiger partial charge in [0.05, 0.1) is 10.6 Å². The van der Waals surface area contributed by atoms with Crippen LogP contribution >= 0.6 is 0 Å². The highest BCUT2D eigenvalue weighted by molar-refractivity contribution is 7.92. The van der Waals surface area contributed by atoms with E-state index in [9.17, 15) is 8.42 Å². The normalized spacial score (nSPS) is 11.5. The fourth-order valence-electron chi connectivity index (χ4n) is 1.81. The highest BCUT2D eigenvalue weighted by Crippen LogP contribution is 2.17. The summed E-state index contributed by atoms with van der Waals surface area (Å²) in [5, 5.41) is 7.68. The van der Waals surface area contributed by atoms with Crippen molar-refractivity contribution < 1.29 is 12.9 Å². The number of benzene rings is 1. The molecule has 2 aromatic heterocycles. The number of aromatic nitrogens is 3. The average molecular weight is 304 g/mol. The number of nitrogens with zero attached hydrogens (tertiary/aromatic N) is 3. The zero-order valence-electron chi connectivity index (χ0n) is 11.1. The highest BCUT2D eigenvalue weighted by Gasteiger charge is 2.16. The number of hydrogen-bond acceptors (Lipinski definition) is 5. The number of sulfonamides is 1. The quantitative estimate of drug-likeness (QED) is 0.796. The number of aryl methyl sites for hydroxylation is 1. The Kier molecular flexibility index (Phi) is 3.22. The zero-order valence-corrected chi connectivity index (χ0v) is 11.9. The summed E-state index contributed by atoms with van der Waals surface area (Å²) in [7, 11) is -3.69. The summed E-state index contributed by atoms with van der Waals surface area (Å²) in [4.78, 5) is 0.138. The molecule has 3 rings (SSSR count). The first-order chi connectivity index (χ1) is 10.0. The molecule has 0 saturated heterocycles. The van der Waals surface area contributed by atoms with Gasteiger partial charge in [-0.15, -0.1) is 0 Å². The molecule has 0 unspecified atom stereocenters. The van der Waals surface area contributed by atoms with Crippen LogP contribution < -0.4 is 4.72 Å². The van der Waals surface area contributed by atoms with Gasteiger partial charge in [0.25, 0.3) is 10.0 Å². The fourth-order valence-corrected chi connectivity index (χ4v) is 2.79. The molecule has 0 bridgehead atoms. The predicted octanol–water partition coefficient (Wildman–Crippen LogP) is 1.97. The summed E-state index contributed by atoms with van der Waals surface area (Å²) in [6.07, 6.45) is 3.43. The third kappa shape index (κ3) is 2.79. The monoisotopic (exact) mass is 304 g/mol. The van der Waals surface area contributed by atoms with Crippen LogP contribution in [0.15, 0.2) is 58.2 Å². The third-order valence-electron chi connectivity index (χ3n) is 2.78. The molecule has 0 fully saturated rings. The van der Waals surface area contributed by atoms with Crippen LogP contribution in [0.2, 0.25) is 0 Å². The van der Waals surface area contributed by atoms with Crippen molar-refractivity contribution in [1.82, 2.24) is 14.9 Å². The van der Waals surface area contributed by atoms with Crippen LogP contribution in [0.3, 0.4) is 0 Å². The summed E-state index contributed by atoms with van der Waals surface area (Å²) >= 11 is 0. The minimum atomic E-state index is -3.69. The van der Waals surface area contributed by atoms with Crippen LogP contribution in [0.5, 0.6) is 0 Å². The maximum atomic E-state index is 12.2. The standard InChI is InChI=1S/C13H12N4O3S/c1-10-9-13(15-20-10)16-21(18,19)12-5-3-11(4-6-12)17-8-2-7-14-17/h2-9H,1H3,(H,15,16). The van der Waals surface area contributed by atoms with Gasteiger partial charge < -0.3 is 4.52 Å². The van der Waals surface area contributed by atoms with Crippen molar-refractivity contribution in [2.24, 2.45) is 0 Å². The lowest BCUT2D eigenvalue weighted by Gasteiger charge is -2.06. The molecule has 0 radical (unpaired) electrons. The molecule has 1 N–H and O–H groups in total. The Morgan fingerprint density at radius 2 is 2.00 bits per heavy atom. The highest BCUT2D eigenvalue weighted by atomic mass is 32.2. The molecule has 2 heterocycles. The predicted molar refractivity (Wildman–Crippen MR) is 75.6 cm³/mol. The van der Waals surface area contributed by atoms with E-state index in [1.807, 2.05) is 0 Å². The first-order valence-corrected chi connectivity index (χ1v) is 7.59. The van der Waals surface area contributed by atoms with Gasteiger partial charge in [0.15, 0.2) is 5.82 Å². The van der Waals surface area contributed by atoms with Gasteiger partial charge >= 0.3 is 0 Å². The van der Waals surface area contributed by atoms with Gasteiger partial charge in [0, 0.05) is 18.5 Å². The Labute approximate surface area is 121 Å². The molecule has 108 valence electrons. The van der Waals surface area contributed by atoms with Crippen LogP contribution in [0.1, 0.15) is 5.76 Å². The van der Waals surface area contributed by atoms with Crippen LogP contribution in [0.25, 0.3) is 5.69 Å². The van der Waals surface area contributed by atoms with E-state index < -0.39 is 10.0 Å².